The molecule has 28 heavy (non-hydrogen) atoms. The fraction of sp³-hybridized carbons (Fsp3) is 1.00. The molecule has 0 radical (unpaired) electrons. The summed E-state index contributed by atoms with van der Waals surface area (Å²) in [5, 5.41) is 10.3. The van der Waals surface area contributed by atoms with Crippen LogP contribution in [0.4, 0.5) is 0 Å². The van der Waals surface area contributed by atoms with Crippen LogP contribution in [0.25, 0.3) is 0 Å². The summed E-state index contributed by atoms with van der Waals surface area (Å²) in [6.45, 7) is 12.7. The van der Waals surface area contributed by atoms with Gasteiger partial charge in [-0.2, -0.15) is 0 Å². The van der Waals surface area contributed by atoms with Crippen molar-refractivity contribution in [1.29, 1.82) is 0 Å². The highest BCUT2D eigenvalue weighted by Crippen LogP contribution is 2.68. The Kier molecular flexibility index (Phi) is 5.98. The van der Waals surface area contributed by atoms with Gasteiger partial charge in [0.1, 0.15) is 0 Å². The van der Waals surface area contributed by atoms with E-state index in [4.69, 9.17) is 0 Å². The van der Waals surface area contributed by atoms with E-state index in [0.29, 0.717) is 10.8 Å². The molecule has 0 aromatic heterocycles. The second-order valence-electron chi connectivity index (χ2n) is 12.6. The van der Waals surface area contributed by atoms with E-state index in [1.54, 1.807) is 0 Å². The van der Waals surface area contributed by atoms with Crippen molar-refractivity contribution in [1.82, 2.24) is 0 Å². The van der Waals surface area contributed by atoms with Gasteiger partial charge in [0, 0.05) is 0 Å². The number of hydrogen-bond donors (Lipinski definition) is 1. The van der Waals surface area contributed by atoms with Crippen molar-refractivity contribution in [2.24, 2.45) is 52.3 Å². The van der Waals surface area contributed by atoms with Crippen LogP contribution in [-0.2, 0) is 0 Å². The largest absolute Gasteiger partial charge is 0.393 e. The molecule has 3 unspecified atom stereocenters. The van der Waals surface area contributed by atoms with Gasteiger partial charge in [-0.15, -0.1) is 0 Å². The van der Waals surface area contributed by atoms with Crippen LogP contribution in [0.5, 0.6) is 0 Å². The molecule has 4 saturated carbocycles. The van der Waals surface area contributed by atoms with Crippen molar-refractivity contribution >= 4 is 0 Å². The van der Waals surface area contributed by atoms with E-state index in [9.17, 15) is 5.11 Å². The molecule has 0 aromatic carbocycles. The highest BCUT2D eigenvalue weighted by molar-refractivity contribution is 5.09. The monoisotopic (exact) mass is 388 g/mol. The van der Waals surface area contributed by atoms with Gasteiger partial charge in [0.05, 0.1) is 6.10 Å². The SMILES string of the molecule is CC(C)CCC[C@H](C)[C@H]1CCC2C3CC[C@H]4C[C@@H](O)CC[C@]4(C)C3CC[C@@]21C. The molecule has 1 nitrogen and oxygen atoms in total. The average Bonchev–Trinajstić information content (AvgIpc) is 2.99. The molecule has 0 saturated heterocycles. The Bertz CT molecular complexity index is 540. The van der Waals surface area contributed by atoms with Gasteiger partial charge in [0.15, 0.2) is 0 Å². The predicted octanol–water partition coefficient (Wildman–Crippen LogP) is 7.47. The van der Waals surface area contributed by atoms with Crippen molar-refractivity contribution in [3.05, 3.63) is 0 Å². The second kappa shape index (κ2) is 7.90. The standard InChI is InChI=1S/C27H48O/c1-18(2)7-6-8-19(3)23-11-12-24-22-10-9-20-17-21(28)13-15-26(20,4)25(22)14-16-27(23,24)5/h18-25,28H,6-17H2,1-5H3/t19-,20-,21-,22?,23+,24?,25?,26-,27+/m0/s1. The molecule has 0 amide bonds. The number of fused-ring (bicyclic) bond motifs is 5. The summed E-state index contributed by atoms with van der Waals surface area (Å²) in [6, 6.07) is 0. The molecule has 0 heterocycles. The number of rotatable bonds is 5. The van der Waals surface area contributed by atoms with Gasteiger partial charge < -0.3 is 5.11 Å². The Hall–Kier alpha value is -0.0400. The maximum atomic E-state index is 10.3. The van der Waals surface area contributed by atoms with E-state index in [1.165, 1.54) is 64.2 Å². The van der Waals surface area contributed by atoms with Gasteiger partial charge >= 0.3 is 0 Å². The van der Waals surface area contributed by atoms with E-state index in [-0.39, 0.29) is 6.10 Å². The van der Waals surface area contributed by atoms with Crippen LogP contribution in [0.3, 0.4) is 0 Å². The van der Waals surface area contributed by atoms with Gasteiger partial charge in [-0.05, 0) is 110 Å². The van der Waals surface area contributed by atoms with Crippen molar-refractivity contribution in [3.8, 4) is 0 Å². The van der Waals surface area contributed by atoms with Crippen LogP contribution in [-0.4, -0.2) is 11.2 Å². The topological polar surface area (TPSA) is 20.2 Å². The van der Waals surface area contributed by atoms with E-state index in [0.717, 1.165) is 54.3 Å². The van der Waals surface area contributed by atoms with Gasteiger partial charge in [-0.25, -0.2) is 0 Å². The maximum absolute atomic E-state index is 10.3. The molecule has 162 valence electrons. The maximum Gasteiger partial charge on any atom is 0.0543 e. The third-order valence-corrected chi connectivity index (χ3v) is 10.8. The Balaban J connectivity index is 1.46. The van der Waals surface area contributed by atoms with Crippen molar-refractivity contribution in [3.63, 3.8) is 0 Å². The third kappa shape index (κ3) is 3.50. The zero-order chi connectivity index (χ0) is 20.1. The van der Waals surface area contributed by atoms with E-state index in [1.807, 2.05) is 0 Å². The molecule has 4 aliphatic carbocycles. The summed E-state index contributed by atoms with van der Waals surface area (Å²) in [5.41, 5.74) is 1.15. The molecule has 1 heteroatoms. The Morgan fingerprint density at radius 1 is 0.821 bits per heavy atom. The minimum Gasteiger partial charge on any atom is -0.393 e. The lowest BCUT2D eigenvalue weighted by atomic mass is 9.44. The molecule has 4 fully saturated rings. The molecule has 0 aliphatic heterocycles. The van der Waals surface area contributed by atoms with Crippen molar-refractivity contribution in [2.45, 2.75) is 118 Å². The van der Waals surface area contributed by atoms with E-state index >= 15 is 0 Å². The molecule has 0 spiro atoms. The lowest BCUT2D eigenvalue weighted by Gasteiger charge is -2.61. The highest BCUT2D eigenvalue weighted by atomic mass is 16.3. The van der Waals surface area contributed by atoms with Crippen LogP contribution in [0.2, 0.25) is 0 Å². The summed E-state index contributed by atoms with van der Waals surface area (Å²) >= 11 is 0. The predicted molar refractivity (Wildman–Crippen MR) is 119 cm³/mol. The summed E-state index contributed by atoms with van der Waals surface area (Å²) in [6.07, 6.45) is 16.6. The normalized spacial score (nSPS) is 49.4. The van der Waals surface area contributed by atoms with Gasteiger partial charge in [0.2, 0.25) is 0 Å². The molecule has 4 rings (SSSR count). The van der Waals surface area contributed by atoms with Crippen molar-refractivity contribution in [2.75, 3.05) is 0 Å². The lowest BCUT2D eigenvalue weighted by Crippen LogP contribution is -2.54. The summed E-state index contributed by atoms with van der Waals surface area (Å²) in [7, 11) is 0. The quantitative estimate of drug-likeness (QED) is 0.518. The first-order chi connectivity index (χ1) is 13.3. The van der Waals surface area contributed by atoms with Crippen LogP contribution in [0.15, 0.2) is 0 Å². The average molecular weight is 389 g/mol. The Labute approximate surface area is 175 Å². The van der Waals surface area contributed by atoms with Gasteiger partial charge in [-0.3, -0.25) is 0 Å². The zero-order valence-electron chi connectivity index (χ0n) is 19.6. The molecule has 4 aliphatic rings. The summed E-state index contributed by atoms with van der Waals surface area (Å²) in [5.74, 6) is 6.49. The number of aliphatic hydroxyl groups is 1. The fourth-order valence-electron chi connectivity index (χ4n) is 9.26. The van der Waals surface area contributed by atoms with Crippen LogP contribution in [0.1, 0.15) is 112 Å². The third-order valence-electron chi connectivity index (χ3n) is 10.8. The minimum atomic E-state index is -0.00830. The number of hydrogen-bond acceptors (Lipinski definition) is 1. The lowest BCUT2D eigenvalue weighted by molar-refractivity contribution is -0.129. The van der Waals surface area contributed by atoms with Gasteiger partial charge in [0.25, 0.3) is 0 Å². The summed E-state index contributed by atoms with van der Waals surface area (Å²) < 4.78 is 0. The smallest absolute Gasteiger partial charge is 0.0543 e. The molecule has 0 aromatic rings. The molecular formula is C27H48O. The fourth-order valence-corrected chi connectivity index (χ4v) is 9.26. The molecular weight excluding hydrogens is 340 g/mol. The molecule has 0 bridgehead atoms. The first-order valence-electron chi connectivity index (χ1n) is 12.9. The number of aliphatic hydroxyl groups excluding tert-OH is 1. The first kappa shape index (κ1) is 21.2. The first-order valence-corrected chi connectivity index (χ1v) is 12.9. The van der Waals surface area contributed by atoms with E-state index < -0.39 is 0 Å². The van der Waals surface area contributed by atoms with Crippen molar-refractivity contribution < 1.29 is 5.11 Å². The van der Waals surface area contributed by atoms with E-state index in [2.05, 4.69) is 34.6 Å². The van der Waals surface area contributed by atoms with Gasteiger partial charge in [-0.1, -0.05) is 53.9 Å². The molecule has 9 atom stereocenters. The Morgan fingerprint density at radius 3 is 2.29 bits per heavy atom. The minimum absolute atomic E-state index is 0.00830. The molecule has 1 N–H and O–H groups in total. The second-order valence-corrected chi connectivity index (χ2v) is 12.6. The van der Waals surface area contributed by atoms with Crippen LogP contribution >= 0.6 is 0 Å². The summed E-state index contributed by atoms with van der Waals surface area (Å²) in [4.78, 5) is 0. The zero-order valence-corrected chi connectivity index (χ0v) is 19.6. The highest BCUT2D eigenvalue weighted by Gasteiger charge is 2.60. The van der Waals surface area contributed by atoms with Crippen LogP contribution in [0, 0.1) is 52.3 Å². The Morgan fingerprint density at radius 2 is 1.54 bits per heavy atom. The van der Waals surface area contributed by atoms with Crippen LogP contribution < -0.4 is 0 Å².